The Labute approximate surface area is 319 Å². The van der Waals surface area contributed by atoms with Gasteiger partial charge < -0.3 is 14.0 Å². The number of carboxylic acid groups (broad SMARTS) is 1. The first kappa shape index (κ1) is 44.8. The molecule has 1 aromatic carbocycles. The lowest BCUT2D eigenvalue weighted by molar-refractivity contribution is -0.137. The van der Waals surface area contributed by atoms with Gasteiger partial charge in [0.2, 0.25) is 0 Å². The van der Waals surface area contributed by atoms with Crippen LogP contribution in [0.3, 0.4) is 0 Å². The molecule has 5 atom stereocenters. The second-order valence-corrected chi connectivity index (χ2v) is 29.9. The molecule has 0 bridgehead atoms. The fourth-order valence-electron chi connectivity index (χ4n) is 7.29. The summed E-state index contributed by atoms with van der Waals surface area (Å²) in [6.07, 6.45) is 17.3. The highest BCUT2D eigenvalue weighted by atomic mass is 32.2. The van der Waals surface area contributed by atoms with Crippen LogP contribution >= 0.6 is 0 Å². The SMILES string of the molecule is CCCC1(C(C/C=C/[C@@H]2[C@@H](C/C=C\CCCC(=O)O)[C@H](OS(=O)(=O)c3ccc(C)cc3)C[C@H]2O[Si](C)(C)C(C)(C)C)O[Si](C)(C)C(C)(C)C)CCC1. The number of benzene rings is 1. The first-order valence-electron chi connectivity index (χ1n) is 19.8. The lowest BCUT2D eigenvalue weighted by atomic mass is 9.62. The summed E-state index contributed by atoms with van der Waals surface area (Å²) >= 11 is 0. The minimum absolute atomic E-state index is 0.0212. The zero-order chi connectivity index (χ0) is 39.2. The molecule has 0 aromatic heterocycles. The van der Waals surface area contributed by atoms with Gasteiger partial charge in [-0.2, -0.15) is 8.42 Å². The lowest BCUT2D eigenvalue weighted by Gasteiger charge is -2.51. The maximum absolute atomic E-state index is 13.8. The number of allylic oxidation sites excluding steroid dienone is 2. The second-order valence-electron chi connectivity index (χ2n) is 18.8. The van der Waals surface area contributed by atoms with E-state index in [1.807, 2.05) is 13.0 Å². The van der Waals surface area contributed by atoms with E-state index >= 15 is 0 Å². The van der Waals surface area contributed by atoms with E-state index in [0.717, 1.165) is 18.4 Å². The van der Waals surface area contributed by atoms with Crippen molar-refractivity contribution in [2.75, 3.05) is 0 Å². The molecule has 7 nitrogen and oxygen atoms in total. The molecule has 3 rings (SSSR count). The predicted molar refractivity (Wildman–Crippen MR) is 219 cm³/mol. The van der Waals surface area contributed by atoms with Crippen molar-refractivity contribution < 1.29 is 31.4 Å². The molecule has 1 N–H and O–H groups in total. The van der Waals surface area contributed by atoms with E-state index in [2.05, 4.69) is 92.9 Å². The van der Waals surface area contributed by atoms with Crippen molar-refractivity contribution in [2.24, 2.45) is 17.3 Å². The first-order valence-corrected chi connectivity index (χ1v) is 27.1. The number of unbranched alkanes of at least 4 members (excludes halogenated alkanes) is 1. The molecule has 296 valence electrons. The van der Waals surface area contributed by atoms with Gasteiger partial charge in [-0.05, 0) is 112 Å². The van der Waals surface area contributed by atoms with Crippen molar-refractivity contribution in [3.63, 3.8) is 0 Å². The normalized spacial score (nSPS) is 23.7. The van der Waals surface area contributed by atoms with E-state index in [4.69, 9.17) is 18.1 Å². The molecular formula is C42H72O7SSi2. The first-order chi connectivity index (χ1) is 23.9. The van der Waals surface area contributed by atoms with Gasteiger partial charge in [0.05, 0.1) is 23.2 Å². The van der Waals surface area contributed by atoms with Crippen LogP contribution in [0, 0.1) is 24.2 Å². The van der Waals surface area contributed by atoms with Crippen LogP contribution in [0.4, 0.5) is 0 Å². The fourth-order valence-corrected chi connectivity index (χ4v) is 11.2. The third-order valence-corrected chi connectivity index (χ3v) is 23.1. The maximum atomic E-state index is 13.8. The quantitative estimate of drug-likeness (QED) is 0.0646. The zero-order valence-corrected chi connectivity index (χ0v) is 37.4. The molecule has 2 fully saturated rings. The number of hydrogen-bond acceptors (Lipinski definition) is 6. The van der Waals surface area contributed by atoms with Crippen LogP contribution in [0.1, 0.15) is 125 Å². The van der Waals surface area contributed by atoms with E-state index in [1.165, 1.54) is 25.7 Å². The van der Waals surface area contributed by atoms with Crippen molar-refractivity contribution in [1.82, 2.24) is 0 Å². The van der Waals surface area contributed by atoms with Gasteiger partial charge in [0.15, 0.2) is 16.6 Å². The summed E-state index contributed by atoms with van der Waals surface area (Å²) in [4.78, 5) is 11.3. The van der Waals surface area contributed by atoms with Gasteiger partial charge in [0.1, 0.15) is 0 Å². The van der Waals surface area contributed by atoms with Crippen LogP contribution < -0.4 is 0 Å². The molecule has 0 spiro atoms. The van der Waals surface area contributed by atoms with Crippen molar-refractivity contribution >= 4 is 32.7 Å². The number of carboxylic acids is 1. The molecule has 52 heavy (non-hydrogen) atoms. The molecule has 2 aliphatic rings. The molecule has 0 amide bonds. The summed E-state index contributed by atoms with van der Waals surface area (Å²) < 4.78 is 48.1. The smallest absolute Gasteiger partial charge is 0.303 e. The van der Waals surface area contributed by atoms with Crippen molar-refractivity contribution in [2.45, 2.75) is 185 Å². The van der Waals surface area contributed by atoms with Gasteiger partial charge >= 0.3 is 5.97 Å². The summed E-state index contributed by atoms with van der Waals surface area (Å²) in [5, 5.41) is 9.19. The Morgan fingerprint density at radius 3 is 2.10 bits per heavy atom. The standard InChI is InChI=1S/C42H72O7SSi2/c1-13-28-42(29-19-30-42)38(49-52(11,12)41(6,7)8)22-18-21-35-34(20-16-14-15-17-23-39(43)44)36(31-37(35)48-51(9,10)40(3,4)5)47-50(45,46)33-26-24-32(2)25-27-33/h14,16,18,21,24-27,34-38H,13,15,17,19-20,22-23,28-31H2,1-12H3,(H,43,44)/b16-14-,21-18+/t34-,35-,36-,37-,38?/m1/s1. The number of rotatable bonds is 19. The molecule has 10 heteroatoms. The summed E-state index contributed by atoms with van der Waals surface area (Å²) in [6.45, 7) is 27.1. The average molecular weight is 777 g/mol. The Bertz CT molecular complexity index is 1460. The largest absolute Gasteiger partial charge is 0.481 e. The minimum atomic E-state index is -4.02. The lowest BCUT2D eigenvalue weighted by Crippen LogP contribution is -2.51. The van der Waals surface area contributed by atoms with E-state index in [-0.39, 0.29) is 50.9 Å². The summed E-state index contributed by atoms with van der Waals surface area (Å²) in [5.74, 6) is -1.00. The second kappa shape index (κ2) is 17.9. The third kappa shape index (κ3) is 11.7. The van der Waals surface area contributed by atoms with Crippen LogP contribution in [-0.2, 0) is 27.9 Å². The molecular weight excluding hydrogens is 705 g/mol. The van der Waals surface area contributed by atoms with Gasteiger partial charge in [-0.15, -0.1) is 0 Å². The number of carbonyl (C=O) groups is 1. The highest BCUT2D eigenvalue weighted by Crippen LogP contribution is 2.52. The monoisotopic (exact) mass is 776 g/mol. The van der Waals surface area contributed by atoms with Crippen LogP contribution in [0.25, 0.3) is 0 Å². The van der Waals surface area contributed by atoms with Gasteiger partial charge in [-0.1, -0.05) is 103 Å². The van der Waals surface area contributed by atoms with Gasteiger partial charge in [-0.3, -0.25) is 8.98 Å². The van der Waals surface area contributed by atoms with Gasteiger partial charge in [0.25, 0.3) is 10.1 Å². The highest BCUT2D eigenvalue weighted by Gasteiger charge is 2.50. The van der Waals surface area contributed by atoms with E-state index < -0.39 is 38.8 Å². The fraction of sp³-hybridized carbons (Fsp3) is 0.738. The molecule has 0 saturated heterocycles. The van der Waals surface area contributed by atoms with Crippen molar-refractivity contribution in [3.05, 3.63) is 54.1 Å². The van der Waals surface area contributed by atoms with Crippen molar-refractivity contribution in [1.29, 1.82) is 0 Å². The molecule has 2 saturated carbocycles. The molecule has 1 aromatic rings. The van der Waals surface area contributed by atoms with Gasteiger partial charge in [0, 0.05) is 18.8 Å². The summed E-state index contributed by atoms with van der Waals surface area (Å²) in [6, 6.07) is 6.83. The number of aliphatic carboxylic acids is 1. The van der Waals surface area contributed by atoms with Crippen LogP contribution in [-0.4, -0.2) is 54.4 Å². The average Bonchev–Trinajstić information content (AvgIpc) is 3.28. The van der Waals surface area contributed by atoms with Crippen LogP contribution in [0.5, 0.6) is 0 Å². The highest BCUT2D eigenvalue weighted by molar-refractivity contribution is 7.86. The maximum Gasteiger partial charge on any atom is 0.303 e. The summed E-state index contributed by atoms with van der Waals surface area (Å²) in [7, 11) is -8.31. The topological polar surface area (TPSA) is 99.1 Å². The Balaban J connectivity index is 2.03. The molecule has 1 unspecified atom stereocenters. The molecule has 0 radical (unpaired) electrons. The van der Waals surface area contributed by atoms with E-state index in [9.17, 15) is 13.2 Å². The number of aryl methyl sites for hydroxylation is 1. The minimum Gasteiger partial charge on any atom is -0.481 e. The Kier molecular flexibility index (Phi) is 15.5. The Morgan fingerprint density at radius 1 is 0.962 bits per heavy atom. The van der Waals surface area contributed by atoms with Gasteiger partial charge in [-0.25, -0.2) is 0 Å². The molecule has 2 aliphatic carbocycles. The van der Waals surface area contributed by atoms with E-state index in [0.29, 0.717) is 25.7 Å². The van der Waals surface area contributed by atoms with E-state index in [1.54, 1.807) is 24.3 Å². The Hall–Kier alpha value is -1.57. The van der Waals surface area contributed by atoms with Crippen molar-refractivity contribution in [3.8, 4) is 0 Å². The molecule has 0 aliphatic heterocycles. The van der Waals surface area contributed by atoms with Crippen LogP contribution in [0.15, 0.2) is 53.5 Å². The van der Waals surface area contributed by atoms with Crippen LogP contribution in [0.2, 0.25) is 36.3 Å². The summed E-state index contributed by atoms with van der Waals surface area (Å²) in [5.41, 5.74) is 1.19. The Morgan fingerprint density at radius 2 is 1.58 bits per heavy atom. The number of hydrogen-bond donors (Lipinski definition) is 1. The zero-order valence-electron chi connectivity index (χ0n) is 34.6. The third-order valence-electron chi connectivity index (χ3n) is 12.7. The predicted octanol–water partition coefficient (Wildman–Crippen LogP) is 11.6. The molecule has 0 heterocycles.